The number of hydrogen-bond acceptors (Lipinski definition) is 3. The van der Waals surface area contributed by atoms with Gasteiger partial charge < -0.3 is 15.2 Å². The number of benzene rings is 2. The number of ether oxygens (including phenoxy) is 2. The zero-order chi connectivity index (χ0) is 14.5. The van der Waals surface area contributed by atoms with Crippen LogP contribution in [0.1, 0.15) is 24.1 Å². The highest BCUT2D eigenvalue weighted by Crippen LogP contribution is 2.22. The van der Waals surface area contributed by atoms with Crippen LogP contribution in [0.25, 0.3) is 0 Å². The fourth-order valence-corrected chi connectivity index (χ4v) is 1.85. The molecule has 2 N–H and O–H groups in total. The van der Waals surface area contributed by atoms with Gasteiger partial charge in [0.2, 0.25) is 0 Å². The molecule has 1 unspecified atom stereocenters. The molecule has 0 saturated carbocycles. The summed E-state index contributed by atoms with van der Waals surface area (Å²) in [6, 6.07) is 12.4. The third kappa shape index (κ3) is 3.27. The molecule has 4 heteroatoms. The minimum absolute atomic E-state index is 0.0140. The van der Waals surface area contributed by atoms with Crippen molar-refractivity contribution in [2.45, 2.75) is 19.6 Å². The van der Waals surface area contributed by atoms with E-state index in [4.69, 9.17) is 15.2 Å². The number of nitrogens with two attached hydrogens (primary N) is 1. The van der Waals surface area contributed by atoms with E-state index < -0.39 is 0 Å². The van der Waals surface area contributed by atoms with Crippen molar-refractivity contribution in [3.05, 3.63) is 59.4 Å². The average Bonchev–Trinajstić information content (AvgIpc) is 2.46. The van der Waals surface area contributed by atoms with Gasteiger partial charge in [-0.05, 0) is 30.7 Å². The van der Waals surface area contributed by atoms with Crippen LogP contribution in [0.4, 0.5) is 4.39 Å². The fourth-order valence-electron chi connectivity index (χ4n) is 1.85. The maximum absolute atomic E-state index is 13.9. The summed E-state index contributed by atoms with van der Waals surface area (Å²) in [5.41, 5.74) is 7.27. The van der Waals surface area contributed by atoms with Gasteiger partial charge in [-0.1, -0.05) is 24.3 Å². The van der Waals surface area contributed by atoms with Crippen LogP contribution < -0.4 is 15.2 Å². The Balaban J connectivity index is 2.05. The molecule has 0 bridgehead atoms. The van der Waals surface area contributed by atoms with Crippen molar-refractivity contribution in [2.24, 2.45) is 5.73 Å². The van der Waals surface area contributed by atoms with Gasteiger partial charge in [-0.25, -0.2) is 4.39 Å². The van der Waals surface area contributed by atoms with Gasteiger partial charge in [-0.15, -0.1) is 0 Å². The number of hydrogen-bond donors (Lipinski definition) is 1. The van der Waals surface area contributed by atoms with Crippen molar-refractivity contribution in [3.8, 4) is 11.5 Å². The molecule has 1 atom stereocenters. The second kappa shape index (κ2) is 6.39. The van der Waals surface area contributed by atoms with Gasteiger partial charge >= 0.3 is 0 Å². The van der Waals surface area contributed by atoms with Gasteiger partial charge in [-0.2, -0.15) is 0 Å². The Kier molecular flexibility index (Phi) is 4.58. The topological polar surface area (TPSA) is 44.5 Å². The second-order valence-electron chi connectivity index (χ2n) is 4.58. The van der Waals surface area contributed by atoms with Gasteiger partial charge in [0.25, 0.3) is 0 Å². The molecule has 0 aromatic heterocycles. The molecule has 2 aromatic rings. The van der Waals surface area contributed by atoms with Crippen molar-refractivity contribution >= 4 is 0 Å². The van der Waals surface area contributed by atoms with Crippen LogP contribution in [0.2, 0.25) is 0 Å². The highest BCUT2D eigenvalue weighted by Gasteiger charge is 2.08. The van der Waals surface area contributed by atoms with E-state index in [2.05, 4.69) is 0 Å². The maximum Gasteiger partial charge on any atom is 0.171 e. The van der Waals surface area contributed by atoms with Crippen molar-refractivity contribution in [1.82, 2.24) is 0 Å². The second-order valence-corrected chi connectivity index (χ2v) is 4.58. The Bertz CT molecular complexity index is 567. The zero-order valence-electron chi connectivity index (χ0n) is 11.6. The molecule has 3 nitrogen and oxygen atoms in total. The summed E-state index contributed by atoms with van der Waals surface area (Å²) < 4.78 is 24.4. The van der Waals surface area contributed by atoms with Crippen molar-refractivity contribution < 1.29 is 13.9 Å². The summed E-state index contributed by atoms with van der Waals surface area (Å²) in [5.74, 6) is 0.511. The van der Waals surface area contributed by atoms with Crippen molar-refractivity contribution in [1.29, 1.82) is 0 Å². The lowest BCUT2D eigenvalue weighted by Crippen LogP contribution is -2.04. The monoisotopic (exact) mass is 275 g/mol. The summed E-state index contributed by atoms with van der Waals surface area (Å²) >= 11 is 0. The predicted octanol–water partition coefficient (Wildman–Crippen LogP) is 3.43. The molecule has 0 aliphatic carbocycles. The van der Waals surface area contributed by atoms with Crippen LogP contribution in [0.3, 0.4) is 0 Å². The van der Waals surface area contributed by atoms with Gasteiger partial charge in [-0.3, -0.25) is 0 Å². The van der Waals surface area contributed by atoms with Gasteiger partial charge in [0.05, 0.1) is 7.11 Å². The largest absolute Gasteiger partial charge is 0.494 e. The summed E-state index contributed by atoms with van der Waals surface area (Å²) in [4.78, 5) is 0. The first kappa shape index (κ1) is 14.3. The Morgan fingerprint density at radius 1 is 1.15 bits per heavy atom. The Hall–Kier alpha value is -2.07. The summed E-state index contributed by atoms with van der Waals surface area (Å²) in [6.45, 7) is 2.07. The smallest absolute Gasteiger partial charge is 0.171 e. The summed E-state index contributed by atoms with van der Waals surface area (Å²) in [6.07, 6.45) is 0. The molecule has 2 rings (SSSR count). The van der Waals surface area contributed by atoms with Crippen LogP contribution in [-0.4, -0.2) is 7.11 Å². The van der Waals surface area contributed by atoms with Crippen LogP contribution >= 0.6 is 0 Å². The summed E-state index contributed by atoms with van der Waals surface area (Å²) in [5, 5.41) is 0. The third-order valence-electron chi connectivity index (χ3n) is 3.06. The Labute approximate surface area is 118 Å². The molecule has 0 heterocycles. The maximum atomic E-state index is 13.9. The molecule has 20 heavy (non-hydrogen) atoms. The predicted molar refractivity (Wildman–Crippen MR) is 76.3 cm³/mol. The van der Waals surface area contributed by atoms with E-state index in [-0.39, 0.29) is 24.2 Å². The molecule has 106 valence electrons. The molecule has 0 aliphatic heterocycles. The molecular formula is C16H18FNO2. The van der Waals surface area contributed by atoms with E-state index in [9.17, 15) is 4.39 Å². The normalized spacial score (nSPS) is 12.0. The Morgan fingerprint density at radius 3 is 2.45 bits per heavy atom. The quantitative estimate of drug-likeness (QED) is 0.909. The average molecular weight is 275 g/mol. The van der Waals surface area contributed by atoms with E-state index in [1.54, 1.807) is 18.2 Å². The van der Waals surface area contributed by atoms with Gasteiger partial charge in [0.15, 0.2) is 11.6 Å². The number of methoxy groups -OCH3 is 1. The minimum atomic E-state index is -0.387. The minimum Gasteiger partial charge on any atom is -0.494 e. The zero-order valence-corrected chi connectivity index (χ0v) is 11.6. The lowest BCUT2D eigenvalue weighted by Gasteiger charge is -2.10. The van der Waals surface area contributed by atoms with Crippen LogP contribution in [0.15, 0.2) is 42.5 Å². The Morgan fingerprint density at radius 2 is 1.85 bits per heavy atom. The molecule has 0 fully saturated rings. The van der Waals surface area contributed by atoms with Crippen molar-refractivity contribution in [3.63, 3.8) is 0 Å². The number of rotatable bonds is 5. The highest BCUT2D eigenvalue weighted by molar-refractivity contribution is 5.32. The molecule has 0 amide bonds. The van der Waals surface area contributed by atoms with Crippen LogP contribution in [0.5, 0.6) is 11.5 Å². The molecule has 0 aliphatic rings. The standard InChI is InChI=1S/C16H18FNO2/c1-11(18)12-6-8-14(9-7-12)20-10-13-4-3-5-15(19-2)16(13)17/h3-9,11H,10,18H2,1-2H3. The lowest BCUT2D eigenvalue weighted by molar-refractivity contribution is 0.295. The molecule has 0 radical (unpaired) electrons. The van der Waals surface area contributed by atoms with Crippen LogP contribution in [0, 0.1) is 5.82 Å². The fraction of sp³-hybridized carbons (Fsp3) is 0.250. The molecule has 2 aromatic carbocycles. The third-order valence-corrected chi connectivity index (χ3v) is 3.06. The lowest BCUT2D eigenvalue weighted by atomic mass is 10.1. The van der Waals surface area contributed by atoms with E-state index in [0.29, 0.717) is 11.3 Å². The van der Waals surface area contributed by atoms with E-state index >= 15 is 0 Å². The molecule has 0 spiro atoms. The first-order valence-electron chi connectivity index (χ1n) is 6.41. The first-order chi connectivity index (χ1) is 9.61. The van der Waals surface area contributed by atoms with E-state index in [1.807, 2.05) is 31.2 Å². The van der Waals surface area contributed by atoms with E-state index in [1.165, 1.54) is 7.11 Å². The van der Waals surface area contributed by atoms with Crippen molar-refractivity contribution in [2.75, 3.05) is 7.11 Å². The molecular weight excluding hydrogens is 257 g/mol. The first-order valence-corrected chi connectivity index (χ1v) is 6.41. The van der Waals surface area contributed by atoms with Gasteiger partial charge in [0, 0.05) is 11.6 Å². The van der Waals surface area contributed by atoms with E-state index in [0.717, 1.165) is 5.56 Å². The SMILES string of the molecule is COc1cccc(COc2ccc(C(C)N)cc2)c1F. The number of halogens is 1. The van der Waals surface area contributed by atoms with Gasteiger partial charge in [0.1, 0.15) is 12.4 Å². The highest BCUT2D eigenvalue weighted by atomic mass is 19.1. The molecule has 0 saturated heterocycles. The summed E-state index contributed by atoms with van der Waals surface area (Å²) in [7, 11) is 1.44. The van der Waals surface area contributed by atoms with Crippen LogP contribution in [-0.2, 0) is 6.61 Å².